The molecule has 1 N–H and O–H groups in total. The molecule has 2 aromatic heterocycles. The highest BCUT2D eigenvalue weighted by Crippen LogP contribution is 2.49. The molecule has 2 aromatic carbocycles. The predicted molar refractivity (Wildman–Crippen MR) is 117 cm³/mol. The van der Waals surface area contributed by atoms with Crippen molar-refractivity contribution >= 4 is 16.8 Å². The maximum atomic E-state index is 13.1. The first kappa shape index (κ1) is 17.3. The molecule has 2 aliphatic rings. The third-order valence-corrected chi connectivity index (χ3v) is 6.54. The van der Waals surface area contributed by atoms with Crippen molar-refractivity contribution in [1.82, 2.24) is 19.7 Å². The van der Waals surface area contributed by atoms with Gasteiger partial charge in [0, 0.05) is 62.8 Å². The molecule has 30 heavy (non-hydrogen) atoms. The predicted octanol–water partition coefficient (Wildman–Crippen LogP) is 4.34. The summed E-state index contributed by atoms with van der Waals surface area (Å²) in [5.41, 5.74) is 4.60. The van der Waals surface area contributed by atoms with Crippen molar-refractivity contribution in [2.24, 2.45) is 7.05 Å². The summed E-state index contributed by atoms with van der Waals surface area (Å²) in [6.45, 7) is 1.30. The van der Waals surface area contributed by atoms with E-state index in [1.807, 2.05) is 71.5 Å². The van der Waals surface area contributed by atoms with Gasteiger partial charge in [0.05, 0.1) is 11.9 Å². The van der Waals surface area contributed by atoms with Crippen molar-refractivity contribution in [1.29, 1.82) is 0 Å². The first-order valence-corrected chi connectivity index (χ1v) is 10.3. The number of ether oxygens (including phenoxy) is 1. The van der Waals surface area contributed by atoms with Crippen LogP contribution < -0.4 is 4.74 Å². The first-order valence-electron chi connectivity index (χ1n) is 10.3. The molecule has 1 saturated heterocycles. The number of piperidine rings is 1. The molecule has 6 rings (SSSR count). The largest absolute Gasteiger partial charge is 0.482 e. The average molecular weight is 400 g/mol. The molecule has 6 heteroatoms. The monoisotopic (exact) mass is 400 g/mol. The fourth-order valence-corrected chi connectivity index (χ4v) is 4.91. The van der Waals surface area contributed by atoms with Crippen LogP contribution in [0.5, 0.6) is 5.75 Å². The Morgan fingerprint density at radius 2 is 2.00 bits per heavy atom. The number of benzene rings is 2. The zero-order valence-corrected chi connectivity index (χ0v) is 16.8. The van der Waals surface area contributed by atoms with Gasteiger partial charge in [0.15, 0.2) is 0 Å². The molecule has 0 aliphatic carbocycles. The van der Waals surface area contributed by atoms with Crippen molar-refractivity contribution in [2.45, 2.75) is 18.4 Å². The summed E-state index contributed by atoms with van der Waals surface area (Å²) in [6, 6.07) is 16.0. The minimum absolute atomic E-state index is 0. The molecule has 2 aliphatic heterocycles. The molecule has 0 radical (unpaired) electrons. The molecule has 1 spiro atoms. The second kappa shape index (κ2) is 6.23. The Morgan fingerprint density at radius 1 is 1.17 bits per heavy atom. The Bertz CT molecular complexity index is 1280. The van der Waals surface area contributed by atoms with E-state index in [1.165, 1.54) is 0 Å². The fraction of sp³-hybridized carbons (Fsp3) is 0.250. The maximum Gasteiger partial charge on any atom is 0.253 e. The van der Waals surface area contributed by atoms with Crippen LogP contribution in [0.3, 0.4) is 0 Å². The molecular formula is C24H24N4O2. The molecule has 0 atom stereocenters. The minimum atomic E-state index is -0.432. The van der Waals surface area contributed by atoms with Crippen LogP contribution in [-0.4, -0.2) is 38.7 Å². The van der Waals surface area contributed by atoms with Crippen molar-refractivity contribution in [3.63, 3.8) is 0 Å². The quantitative estimate of drug-likeness (QED) is 0.517. The number of aromatic nitrogens is 3. The van der Waals surface area contributed by atoms with Gasteiger partial charge < -0.3 is 14.6 Å². The molecule has 0 unspecified atom stereocenters. The molecule has 4 heterocycles. The lowest BCUT2D eigenvalue weighted by Crippen LogP contribution is -2.49. The topological polar surface area (TPSA) is 63.1 Å². The number of hydrogen-bond acceptors (Lipinski definition) is 3. The molecular weight excluding hydrogens is 376 g/mol. The van der Waals surface area contributed by atoms with Gasteiger partial charge in [0.2, 0.25) is 0 Å². The van der Waals surface area contributed by atoms with Crippen LogP contribution in [-0.2, 0) is 12.6 Å². The standard InChI is InChI=1S/C24H22N4O2.H2/c1-27-22-18-4-2-3-5-21(18)30-24(19(22)15-26-27)9-12-28(13-10-24)23(29)17-7-6-16-8-11-25-20(16)14-17;/h2-8,11,14-15,25H,9-10,12-13H2,1H3;1H. The Balaban J connectivity index is 0.00000204. The SMILES string of the molecule is Cn1ncc2c1-c1ccccc1OC21CCN(C(=O)c2ccc3cc[nH]c3c2)CC1.[HH]. The summed E-state index contributed by atoms with van der Waals surface area (Å²) in [5, 5.41) is 5.64. The highest BCUT2D eigenvalue weighted by atomic mass is 16.5. The van der Waals surface area contributed by atoms with E-state index in [2.05, 4.69) is 16.1 Å². The zero-order chi connectivity index (χ0) is 20.3. The van der Waals surface area contributed by atoms with Gasteiger partial charge in [0.1, 0.15) is 11.4 Å². The number of para-hydroxylation sites is 1. The third kappa shape index (κ3) is 2.43. The number of likely N-dealkylation sites (tertiary alicyclic amines) is 1. The van der Waals surface area contributed by atoms with Gasteiger partial charge in [-0.2, -0.15) is 5.10 Å². The second-order valence-electron chi connectivity index (χ2n) is 8.19. The summed E-state index contributed by atoms with van der Waals surface area (Å²) < 4.78 is 8.52. The number of rotatable bonds is 1. The molecule has 0 bridgehead atoms. The summed E-state index contributed by atoms with van der Waals surface area (Å²) in [5.74, 6) is 0.967. The van der Waals surface area contributed by atoms with Gasteiger partial charge in [-0.15, -0.1) is 0 Å². The number of aryl methyl sites for hydroxylation is 1. The van der Waals surface area contributed by atoms with E-state index in [0.717, 1.165) is 51.9 Å². The summed E-state index contributed by atoms with van der Waals surface area (Å²) in [6.07, 6.45) is 5.32. The van der Waals surface area contributed by atoms with Crippen LogP contribution >= 0.6 is 0 Å². The number of H-pyrrole nitrogens is 1. The molecule has 152 valence electrons. The minimum Gasteiger partial charge on any atom is -0.482 e. The zero-order valence-electron chi connectivity index (χ0n) is 16.8. The molecule has 4 aromatic rings. The number of hydrogen-bond donors (Lipinski definition) is 1. The van der Waals surface area contributed by atoms with E-state index in [-0.39, 0.29) is 7.33 Å². The lowest BCUT2D eigenvalue weighted by molar-refractivity contribution is -0.00171. The number of carbonyl (C=O) groups excluding carboxylic acids is 1. The lowest BCUT2D eigenvalue weighted by Gasteiger charge is -2.44. The van der Waals surface area contributed by atoms with Gasteiger partial charge in [-0.3, -0.25) is 9.48 Å². The van der Waals surface area contributed by atoms with Crippen LogP contribution in [0.2, 0.25) is 0 Å². The van der Waals surface area contributed by atoms with Crippen molar-refractivity contribution < 1.29 is 11.0 Å². The van der Waals surface area contributed by atoms with Crippen LogP contribution in [0.25, 0.3) is 22.2 Å². The van der Waals surface area contributed by atoms with Crippen molar-refractivity contribution in [3.8, 4) is 17.0 Å². The Hall–Kier alpha value is -3.54. The molecule has 1 amide bonds. The number of carbonyl (C=O) groups is 1. The Morgan fingerprint density at radius 3 is 2.87 bits per heavy atom. The van der Waals surface area contributed by atoms with Crippen LogP contribution in [0, 0.1) is 0 Å². The number of nitrogens with one attached hydrogen (secondary N) is 1. The fourth-order valence-electron chi connectivity index (χ4n) is 4.91. The van der Waals surface area contributed by atoms with Crippen molar-refractivity contribution in [3.05, 3.63) is 72.1 Å². The normalized spacial score (nSPS) is 16.9. The maximum absolute atomic E-state index is 13.1. The average Bonchev–Trinajstić information content (AvgIpc) is 3.41. The van der Waals surface area contributed by atoms with E-state index in [0.29, 0.717) is 13.1 Å². The smallest absolute Gasteiger partial charge is 0.253 e. The second-order valence-corrected chi connectivity index (χ2v) is 8.19. The van der Waals surface area contributed by atoms with Gasteiger partial charge in [-0.05, 0) is 35.7 Å². The number of amides is 1. The summed E-state index contributed by atoms with van der Waals surface area (Å²) >= 11 is 0. The highest BCUT2D eigenvalue weighted by Gasteiger charge is 2.45. The third-order valence-electron chi connectivity index (χ3n) is 6.54. The van der Waals surface area contributed by atoms with Crippen LogP contribution in [0.1, 0.15) is 30.2 Å². The molecule has 0 saturated carbocycles. The highest BCUT2D eigenvalue weighted by molar-refractivity contribution is 5.98. The van der Waals surface area contributed by atoms with E-state index in [1.54, 1.807) is 0 Å². The first-order chi connectivity index (χ1) is 14.6. The lowest BCUT2D eigenvalue weighted by atomic mass is 9.81. The van der Waals surface area contributed by atoms with Crippen LogP contribution in [0.4, 0.5) is 0 Å². The van der Waals surface area contributed by atoms with Gasteiger partial charge in [-0.1, -0.05) is 18.2 Å². The van der Waals surface area contributed by atoms with E-state index >= 15 is 0 Å². The number of fused-ring (bicyclic) bond motifs is 5. The van der Waals surface area contributed by atoms with Gasteiger partial charge >= 0.3 is 0 Å². The van der Waals surface area contributed by atoms with E-state index in [9.17, 15) is 4.79 Å². The van der Waals surface area contributed by atoms with Gasteiger partial charge in [-0.25, -0.2) is 0 Å². The number of nitrogens with zero attached hydrogens (tertiary/aromatic N) is 3. The van der Waals surface area contributed by atoms with Gasteiger partial charge in [0.25, 0.3) is 5.91 Å². The van der Waals surface area contributed by atoms with Crippen LogP contribution in [0.15, 0.2) is 60.9 Å². The summed E-state index contributed by atoms with van der Waals surface area (Å²) in [7, 11) is 1.98. The van der Waals surface area contributed by atoms with E-state index < -0.39 is 5.60 Å². The molecule has 6 nitrogen and oxygen atoms in total. The van der Waals surface area contributed by atoms with E-state index in [4.69, 9.17) is 4.74 Å². The van der Waals surface area contributed by atoms with Crippen molar-refractivity contribution in [2.75, 3.05) is 13.1 Å². The number of aromatic amines is 1. The Kier molecular flexibility index (Phi) is 3.60. The Labute approximate surface area is 175 Å². The molecule has 1 fully saturated rings. The summed E-state index contributed by atoms with van der Waals surface area (Å²) in [4.78, 5) is 18.3.